The van der Waals surface area contributed by atoms with Crippen molar-refractivity contribution < 1.29 is 34.4 Å². The number of aliphatic hydroxyl groups is 3. The van der Waals surface area contributed by atoms with Crippen LogP contribution in [0.1, 0.15) is 26.7 Å². The molecule has 148 valence electrons. The van der Waals surface area contributed by atoms with E-state index in [0.29, 0.717) is 12.8 Å². The van der Waals surface area contributed by atoms with Gasteiger partial charge in [-0.05, 0) is 25.8 Å². The van der Waals surface area contributed by atoms with Gasteiger partial charge in [0.2, 0.25) is 0 Å². The van der Waals surface area contributed by atoms with E-state index in [1.54, 1.807) is 0 Å². The Balaban J connectivity index is 1.96. The standard InChI is InChI=1S/C20H26O7/c1-10-4-5-14(23)20(3)8-13(26-19(25)12(9-22)6-7-21)15-11(2)18(24)27-17(15)16(10)20/h4,6,13-17,21-23H,2,5,7-9H2,1,3H3/b12-6+/t13-,14-,15-,16+,17+,20+/m1/s1. The van der Waals surface area contributed by atoms with Gasteiger partial charge < -0.3 is 24.8 Å². The fourth-order valence-electron chi connectivity index (χ4n) is 4.85. The average molecular weight is 378 g/mol. The lowest BCUT2D eigenvalue weighted by Gasteiger charge is -2.53. The predicted molar refractivity (Wildman–Crippen MR) is 95.2 cm³/mol. The Morgan fingerprint density at radius 1 is 1.48 bits per heavy atom. The van der Waals surface area contributed by atoms with Crippen molar-refractivity contribution in [3.8, 4) is 0 Å². The number of rotatable bonds is 4. The van der Waals surface area contributed by atoms with Crippen LogP contribution in [-0.4, -0.2) is 58.8 Å². The number of carbonyl (C=O) groups is 2. The SMILES string of the molecule is C=C1C(=O)O[C@H]2[C@H]1[C@H](OC(=O)/C(=C/CO)CO)C[C@@]1(C)[C@H](O)CC=C(C)[C@@H]21. The molecule has 1 saturated heterocycles. The van der Waals surface area contributed by atoms with Crippen molar-refractivity contribution >= 4 is 11.9 Å². The highest BCUT2D eigenvalue weighted by atomic mass is 16.6. The van der Waals surface area contributed by atoms with Crippen molar-refractivity contribution in [1.29, 1.82) is 0 Å². The van der Waals surface area contributed by atoms with Crippen LogP contribution in [-0.2, 0) is 19.1 Å². The van der Waals surface area contributed by atoms with Gasteiger partial charge in [-0.2, -0.15) is 0 Å². The van der Waals surface area contributed by atoms with E-state index in [2.05, 4.69) is 6.58 Å². The van der Waals surface area contributed by atoms with Gasteiger partial charge in [0, 0.05) is 16.9 Å². The molecule has 1 saturated carbocycles. The third-order valence-corrected chi connectivity index (χ3v) is 6.29. The summed E-state index contributed by atoms with van der Waals surface area (Å²) in [7, 11) is 0. The van der Waals surface area contributed by atoms with Crippen LogP contribution in [0.3, 0.4) is 0 Å². The Morgan fingerprint density at radius 3 is 2.81 bits per heavy atom. The second kappa shape index (κ2) is 7.22. The van der Waals surface area contributed by atoms with Crippen LogP contribution >= 0.6 is 0 Å². The smallest absolute Gasteiger partial charge is 0.336 e. The van der Waals surface area contributed by atoms with E-state index in [0.717, 1.165) is 5.57 Å². The van der Waals surface area contributed by atoms with Crippen LogP contribution in [0.15, 0.2) is 35.5 Å². The fraction of sp³-hybridized carbons (Fsp3) is 0.600. The van der Waals surface area contributed by atoms with Gasteiger partial charge in [-0.25, -0.2) is 9.59 Å². The van der Waals surface area contributed by atoms with E-state index in [-0.39, 0.29) is 17.1 Å². The van der Waals surface area contributed by atoms with Crippen LogP contribution in [0.2, 0.25) is 0 Å². The molecule has 2 fully saturated rings. The molecule has 1 heterocycles. The first-order chi connectivity index (χ1) is 12.7. The van der Waals surface area contributed by atoms with Gasteiger partial charge in [0.05, 0.1) is 30.8 Å². The van der Waals surface area contributed by atoms with E-state index < -0.39 is 54.8 Å². The summed E-state index contributed by atoms with van der Waals surface area (Å²) in [6.45, 7) is 6.74. The van der Waals surface area contributed by atoms with Gasteiger partial charge in [-0.15, -0.1) is 0 Å². The van der Waals surface area contributed by atoms with Gasteiger partial charge in [0.1, 0.15) is 12.2 Å². The quantitative estimate of drug-likeness (QED) is 0.374. The monoisotopic (exact) mass is 378 g/mol. The molecule has 2 aliphatic carbocycles. The highest BCUT2D eigenvalue weighted by Crippen LogP contribution is 2.56. The van der Waals surface area contributed by atoms with Crippen LogP contribution < -0.4 is 0 Å². The summed E-state index contributed by atoms with van der Waals surface area (Å²) in [5, 5.41) is 29.0. The van der Waals surface area contributed by atoms with Gasteiger partial charge >= 0.3 is 11.9 Å². The van der Waals surface area contributed by atoms with Crippen LogP contribution in [0.25, 0.3) is 0 Å². The van der Waals surface area contributed by atoms with Crippen LogP contribution in [0.5, 0.6) is 0 Å². The predicted octanol–water partition coefficient (Wildman–Crippen LogP) is 0.644. The summed E-state index contributed by atoms with van der Waals surface area (Å²) in [5.74, 6) is -1.98. The van der Waals surface area contributed by atoms with E-state index in [9.17, 15) is 19.8 Å². The molecule has 0 spiro atoms. The highest BCUT2D eigenvalue weighted by molar-refractivity contribution is 5.92. The number of hydrogen-bond donors (Lipinski definition) is 3. The van der Waals surface area contributed by atoms with Crippen molar-refractivity contribution in [3.05, 3.63) is 35.5 Å². The molecule has 0 aromatic carbocycles. The van der Waals surface area contributed by atoms with E-state index in [1.165, 1.54) is 6.08 Å². The third kappa shape index (κ3) is 3.13. The summed E-state index contributed by atoms with van der Waals surface area (Å²) < 4.78 is 11.2. The first-order valence-corrected chi connectivity index (χ1v) is 9.10. The van der Waals surface area contributed by atoms with Gasteiger partial charge in [-0.3, -0.25) is 0 Å². The molecule has 0 aromatic rings. The van der Waals surface area contributed by atoms with Gasteiger partial charge in [0.15, 0.2) is 0 Å². The molecule has 0 aromatic heterocycles. The number of fused-ring (bicyclic) bond motifs is 3. The summed E-state index contributed by atoms with van der Waals surface area (Å²) in [5.41, 5.74) is 0.610. The topological polar surface area (TPSA) is 113 Å². The molecular weight excluding hydrogens is 352 g/mol. The molecule has 6 atom stereocenters. The maximum atomic E-state index is 12.4. The Labute approximate surface area is 158 Å². The molecule has 3 aliphatic rings. The lowest BCUT2D eigenvalue weighted by molar-refractivity contribution is -0.173. The summed E-state index contributed by atoms with van der Waals surface area (Å²) >= 11 is 0. The van der Waals surface area contributed by atoms with Crippen LogP contribution in [0.4, 0.5) is 0 Å². The molecular formula is C20H26O7. The molecule has 0 bridgehead atoms. The maximum Gasteiger partial charge on any atom is 0.336 e. The number of carbonyl (C=O) groups excluding carboxylic acids is 2. The molecule has 0 unspecified atom stereocenters. The summed E-state index contributed by atoms with van der Waals surface area (Å²) in [4.78, 5) is 24.6. The molecule has 0 radical (unpaired) electrons. The lowest BCUT2D eigenvalue weighted by atomic mass is 9.54. The minimum Gasteiger partial charge on any atom is -0.458 e. The van der Waals surface area contributed by atoms with Crippen LogP contribution in [0, 0.1) is 17.3 Å². The number of ether oxygens (including phenoxy) is 2. The molecule has 0 amide bonds. The molecule has 7 heteroatoms. The van der Waals surface area contributed by atoms with E-state index >= 15 is 0 Å². The molecule has 3 rings (SSSR count). The number of esters is 2. The third-order valence-electron chi connectivity index (χ3n) is 6.29. The van der Waals surface area contributed by atoms with E-state index in [4.69, 9.17) is 14.6 Å². The lowest BCUT2D eigenvalue weighted by Crippen LogP contribution is -2.57. The summed E-state index contributed by atoms with van der Waals surface area (Å²) in [6.07, 6.45) is 2.02. The van der Waals surface area contributed by atoms with Crippen molar-refractivity contribution in [1.82, 2.24) is 0 Å². The van der Waals surface area contributed by atoms with Crippen molar-refractivity contribution in [3.63, 3.8) is 0 Å². The molecule has 7 nitrogen and oxygen atoms in total. The average Bonchev–Trinajstić information content (AvgIpc) is 2.91. The minimum atomic E-state index is -0.762. The molecule has 3 N–H and O–H groups in total. The van der Waals surface area contributed by atoms with Crippen molar-refractivity contribution in [2.45, 2.75) is 45.0 Å². The zero-order valence-electron chi connectivity index (χ0n) is 15.6. The second-order valence-electron chi connectivity index (χ2n) is 7.82. The first-order valence-electron chi connectivity index (χ1n) is 9.10. The Bertz CT molecular complexity index is 722. The summed E-state index contributed by atoms with van der Waals surface area (Å²) in [6, 6.07) is 0. The van der Waals surface area contributed by atoms with Gasteiger partial charge in [0.25, 0.3) is 0 Å². The van der Waals surface area contributed by atoms with Crippen molar-refractivity contribution in [2.75, 3.05) is 13.2 Å². The Hall–Kier alpha value is -1.96. The highest BCUT2D eigenvalue weighted by Gasteiger charge is 2.61. The zero-order chi connectivity index (χ0) is 19.9. The Morgan fingerprint density at radius 2 is 2.19 bits per heavy atom. The normalized spacial score (nSPS) is 38.6. The zero-order valence-corrected chi connectivity index (χ0v) is 15.6. The minimum absolute atomic E-state index is 0.0579. The second-order valence-corrected chi connectivity index (χ2v) is 7.82. The number of aliphatic hydroxyl groups excluding tert-OH is 3. The largest absolute Gasteiger partial charge is 0.458 e. The van der Waals surface area contributed by atoms with Gasteiger partial charge in [-0.1, -0.05) is 25.2 Å². The van der Waals surface area contributed by atoms with Crippen molar-refractivity contribution in [2.24, 2.45) is 17.3 Å². The fourth-order valence-corrected chi connectivity index (χ4v) is 4.85. The van der Waals surface area contributed by atoms with E-state index in [1.807, 2.05) is 19.9 Å². The molecule has 27 heavy (non-hydrogen) atoms. The number of hydrogen-bond acceptors (Lipinski definition) is 7. The molecule has 1 aliphatic heterocycles. The first kappa shape index (κ1) is 19.8. The Kier molecular flexibility index (Phi) is 5.29. The maximum absolute atomic E-state index is 12.4.